The van der Waals surface area contributed by atoms with Crippen LogP contribution >= 0.6 is 7.75 Å². The fraction of sp³-hybridized carbons (Fsp3) is 0.476. The minimum Gasteiger partial charge on any atom is -0.462 e. The number of carbonyl (C=O) groups excluding carboxylic acids is 1. The lowest BCUT2D eigenvalue weighted by atomic mass is 10.1. The maximum Gasteiger partial charge on any atom is 0.459 e. The summed E-state index contributed by atoms with van der Waals surface area (Å²) in [6.45, 7) is 3.74. The normalized spacial score (nSPS) is 23.7. The molecule has 15 heteroatoms. The molecule has 0 amide bonds. The predicted octanol–water partition coefficient (Wildman–Crippen LogP) is 1.85. The molecule has 1 saturated heterocycles. The van der Waals surface area contributed by atoms with Gasteiger partial charge in [-0.15, -0.1) is 0 Å². The van der Waals surface area contributed by atoms with E-state index >= 15 is 0 Å². The summed E-state index contributed by atoms with van der Waals surface area (Å²) in [7, 11) is -4.41. The standard InChI is InChI=1S/C21H27F2N4O8P/c1-12(2)33-18(29)13(3)26-36(31,35-14-7-5-4-6-8-14)32-11-15-17(28)21(22,23)19(34-15)27-10-9-16(24)25-20(27)30/h4-10,12-13,15,17,19,28H,11H2,1-3H3,(H,26,31)(H2,24,25,30)/t13-,15?,17+,19+,36?/m0/s1. The first-order valence-electron chi connectivity index (χ1n) is 10.9. The van der Waals surface area contributed by atoms with Gasteiger partial charge in [0.05, 0.1) is 12.7 Å². The Balaban J connectivity index is 1.79. The van der Waals surface area contributed by atoms with Crippen LogP contribution in [0.3, 0.4) is 0 Å². The summed E-state index contributed by atoms with van der Waals surface area (Å²) in [5.74, 6) is -4.80. The summed E-state index contributed by atoms with van der Waals surface area (Å²) >= 11 is 0. The molecule has 0 spiro atoms. The Morgan fingerprint density at radius 3 is 2.58 bits per heavy atom. The van der Waals surface area contributed by atoms with E-state index in [0.717, 1.165) is 12.3 Å². The van der Waals surface area contributed by atoms with Gasteiger partial charge in [-0.05, 0) is 39.0 Å². The van der Waals surface area contributed by atoms with Crippen molar-refractivity contribution in [3.8, 4) is 5.75 Å². The number of hydrogen-bond donors (Lipinski definition) is 3. The van der Waals surface area contributed by atoms with E-state index in [-0.39, 0.29) is 11.6 Å². The Morgan fingerprint density at radius 1 is 1.31 bits per heavy atom. The monoisotopic (exact) mass is 532 g/mol. The maximum absolute atomic E-state index is 14.8. The molecular weight excluding hydrogens is 505 g/mol. The van der Waals surface area contributed by atoms with Crippen LogP contribution in [-0.4, -0.2) is 57.5 Å². The first kappa shape index (κ1) is 27.7. The van der Waals surface area contributed by atoms with E-state index in [4.69, 9.17) is 24.3 Å². The summed E-state index contributed by atoms with van der Waals surface area (Å²) in [5.41, 5.74) is 4.27. The minimum absolute atomic E-state index is 0.0911. The number of ether oxygens (including phenoxy) is 2. The summed E-state index contributed by atoms with van der Waals surface area (Å²) in [6.07, 6.45) is -5.91. The second-order valence-corrected chi connectivity index (χ2v) is 9.92. The molecule has 1 aliphatic rings. The number of halogens is 2. The molecule has 3 rings (SSSR count). The van der Waals surface area contributed by atoms with Crippen molar-refractivity contribution in [1.29, 1.82) is 0 Å². The van der Waals surface area contributed by atoms with Gasteiger partial charge in [-0.1, -0.05) is 18.2 Å². The van der Waals surface area contributed by atoms with E-state index in [0.29, 0.717) is 4.57 Å². The van der Waals surface area contributed by atoms with Gasteiger partial charge in [-0.25, -0.2) is 9.36 Å². The molecule has 1 fully saturated rings. The van der Waals surface area contributed by atoms with Crippen molar-refractivity contribution in [2.24, 2.45) is 0 Å². The SMILES string of the molecule is CC(C)OC(=O)[C@H](C)NP(=O)(OCC1O[C@@H](n2ccc(N)nc2=O)C(F)(F)[C@@H]1O)Oc1ccccc1. The Morgan fingerprint density at radius 2 is 1.97 bits per heavy atom. The molecule has 12 nitrogen and oxygen atoms in total. The number of aliphatic hydroxyl groups is 1. The number of nitrogens with two attached hydrogens (primary N) is 1. The number of rotatable bonds is 10. The highest BCUT2D eigenvalue weighted by molar-refractivity contribution is 7.52. The van der Waals surface area contributed by atoms with Crippen LogP contribution in [0.2, 0.25) is 0 Å². The summed E-state index contributed by atoms with van der Waals surface area (Å²) in [4.78, 5) is 27.6. The lowest BCUT2D eigenvalue weighted by Gasteiger charge is -2.25. The van der Waals surface area contributed by atoms with Gasteiger partial charge < -0.3 is 24.8 Å². The van der Waals surface area contributed by atoms with E-state index in [1.54, 1.807) is 32.0 Å². The number of aliphatic hydroxyl groups excluding tert-OH is 1. The van der Waals surface area contributed by atoms with Crippen molar-refractivity contribution in [3.63, 3.8) is 0 Å². The number of anilines is 1. The molecule has 36 heavy (non-hydrogen) atoms. The molecule has 5 atom stereocenters. The fourth-order valence-corrected chi connectivity index (χ4v) is 4.72. The zero-order chi connectivity index (χ0) is 26.7. The number of nitrogens with one attached hydrogen (secondary N) is 1. The van der Waals surface area contributed by atoms with Gasteiger partial charge in [0.1, 0.15) is 23.7 Å². The first-order valence-corrected chi connectivity index (χ1v) is 12.4. The summed E-state index contributed by atoms with van der Waals surface area (Å²) in [6, 6.07) is 7.70. The summed E-state index contributed by atoms with van der Waals surface area (Å²) < 4.78 is 64.6. The van der Waals surface area contributed by atoms with Crippen LogP contribution < -0.4 is 21.0 Å². The maximum atomic E-state index is 14.8. The third kappa shape index (κ3) is 6.45. The van der Waals surface area contributed by atoms with Crippen LogP contribution in [0.15, 0.2) is 47.4 Å². The number of alkyl halides is 2. The van der Waals surface area contributed by atoms with Crippen LogP contribution in [-0.2, 0) is 23.4 Å². The van der Waals surface area contributed by atoms with E-state index in [1.165, 1.54) is 19.1 Å². The highest BCUT2D eigenvalue weighted by Crippen LogP contribution is 2.48. The lowest BCUT2D eigenvalue weighted by Crippen LogP contribution is -2.42. The summed E-state index contributed by atoms with van der Waals surface area (Å²) in [5, 5.41) is 12.6. The third-order valence-corrected chi connectivity index (χ3v) is 6.56. The Kier molecular flexibility index (Phi) is 8.47. The van der Waals surface area contributed by atoms with Crippen LogP contribution in [0.1, 0.15) is 27.0 Å². The number of nitrogens with zero attached hydrogens (tertiary/aromatic N) is 2. The van der Waals surface area contributed by atoms with E-state index < -0.39 is 62.5 Å². The average molecular weight is 532 g/mol. The molecule has 2 unspecified atom stereocenters. The second-order valence-electron chi connectivity index (χ2n) is 8.22. The average Bonchev–Trinajstić information content (AvgIpc) is 3.01. The molecule has 2 aromatic rings. The van der Waals surface area contributed by atoms with Crippen molar-refractivity contribution in [1.82, 2.24) is 14.6 Å². The number of benzene rings is 1. The molecule has 0 saturated carbocycles. The van der Waals surface area contributed by atoms with Crippen molar-refractivity contribution >= 4 is 19.5 Å². The molecule has 0 radical (unpaired) electrons. The Labute approximate surface area is 204 Å². The molecular formula is C21H27F2N4O8P. The van der Waals surface area contributed by atoms with E-state index in [9.17, 15) is 28.0 Å². The quantitative estimate of drug-likeness (QED) is 0.302. The van der Waals surface area contributed by atoms with Gasteiger partial charge in [0.25, 0.3) is 0 Å². The van der Waals surface area contributed by atoms with Crippen molar-refractivity contribution in [2.45, 2.75) is 57.3 Å². The van der Waals surface area contributed by atoms with E-state index in [2.05, 4.69) is 10.1 Å². The smallest absolute Gasteiger partial charge is 0.459 e. The second kappa shape index (κ2) is 11.0. The van der Waals surface area contributed by atoms with Gasteiger partial charge >= 0.3 is 25.3 Å². The van der Waals surface area contributed by atoms with E-state index in [1.807, 2.05) is 0 Å². The number of aromatic nitrogens is 2. The lowest BCUT2D eigenvalue weighted by molar-refractivity contribution is -0.149. The van der Waals surface area contributed by atoms with Crippen molar-refractivity contribution in [2.75, 3.05) is 12.3 Å². The van der Waals surface area contributed by atoms with Gasteiger partial charge in [0.2, 0.25) is 6.23 Å². The van der Waals surface area contributed by atoms with Crippen LogP contribution in [0.4, 0.5) is 14.6 Å². The van der Waals surface area contributed by atoms with Gasteiger partial charge in [-0.3, -0.25) is 13.9 Å². The topological polar surface area (TPSA) is 164 Å². The van der Waals surface area contributed by atoms with Crippen LogP contribution in [0.25, 0.3) is 0 Å². The molecule has 2 heterocycles. The number of nitrogen functional groups attached to an aromatic ring is 1. The van der Waals surface area contributed by atoms with Gasteiger partial charge in [-0.2, -0.15) is 18.9 Å². The third-order valence-electron chi connectivity index (χ3n) is 4.92. The molecule has 0 aliphatic carbocycles. The molecule has 1 aromatic heterocycles. The highest BCUT2D eigenvalue weighted by atomic mass is 31.2. The highest BCUT2D eigenvalue weighted by Gasteiger charge is 2.60. The predicted molar refractivity (Wildman–Crippen MR) is 122 cm³/mol. The molecule has 0 bridgehead atoms. The van der Waals surface area contributed by atoms with Crippen LogP contribution in [0, 0.1) is 0 Å². The van der Waals surface area contributed by atoms with Gasteiger partial charge in [0.15, 0.2) is 6.10 Å². The first-order chi connectivity index (χ1) is 16.8. The Bertz CT molecular complexity index is 1170. The van der Waals surface area contributed by atoms with Crippen molar-refractivity contribution < 1.29 is 41.8 Å². The number of para-hydroxylation sites is 1. The zero-order valence-electron chi connectivity index (χ0n) is 19.6. The Hall–Kier alpha value is -2.90. The fourth-order valence-electron chi connectivity index (χ4n) is 3.22. The minimum atomic E-state index is -4.41. The molecule has 198 valence electrons. The number of esters is 1. The largest absolute Gasteiger partial charge is 0.462 e. The van der Waals surface area contributed by atoms with Gasteiger partial charge in [0, 0.05) is 6.20 Å². The number of hydrogen-bond acceptors (Lipinski definition) is 10. The molecule has 1 aliphatic heterocycles. The molecule has 4 N–H and O–H groups in total. The van der Waals surface area contributed by atoms with Crippen molar-refractivity contribution in [3.05, 3.63) is 53.1 Å². The number of carbonyl (C=O) groups is 1. The zero-order valence-corrected chi connectivity index (χ0v) is 20.5. The molecule has 1 aromatic carbocycles. The van der Waals surface area contributed by atoms with Crippen LogP contribution in [0.5, 0.6) is 5.75 Å².